The van der Waals surface area contributed by atoms with Crippen molar-refractivity contribution in [3.8, 4) is 5.75 Å². The Morgan fingerprint density at radius 1 is 1.08 bits per heavy atom. The summed E-state index contributed by atoms with van der Waals surface area (Å²) >= 11 is 5.11. The normalized spacial score (nSPS) is 9.88. The number of carbonyl (C=O) groups excluding carboxylic acids is 1. The predicted molar refractivity (Wildman–Crippen MR) is 98.4 cm³/mol. The number of aryl methyl sites for hydroxylation is 1. The number of thiocarbonyl (C=S) groups is 1. The monoisotopic (exact) mass is 343 g/mol. The number of hydrogen-bond acceptors (Lipinski definition) is 3. The zero-order valence-corrected chi connectivity index (χ0v) is 14.4. The predicted octanol–water partition coefficient (Wildman–Crippen LogP) is 2.46. The van der Waals surface area contributed by atoms with Gasteiger partial charge in [0, 0.05) is 6.54 Å². The van der Waals surface area contributed by atoms with Gasteiger partial charge in [0.25, 0.3) is 0 Å². The molecule has 0 radical (unpaired) electrons. The van der Waals surface area contributed by atoms with E-state index in [9.17, 15) is 4.79 Å². The molecule has 0 fully saturated rings. The molecule has 0 aliphatic carbocycles. The average molecular weight is 343 g/mol. The number of carbonyl (C=O) groups is 1. The van der Waals surface area contributed by atoms with Gasteiger partial charge in [-0.25, -0.2) is 0 Å². The van der Waals surface area contributed by atoms with Crippen molar-refractivity contribution in [2.45, 2.75) is 19.9 Å². The molecule has 2 aromatic carbocycles. The van der Waals surface area contributed by atoms with Crippen molar-refractivity contribution >= 4 is 23.2 Å². The number of nitrogens with one attached hydrogen (secondary N) is 3. The van der Waals surface area contributed by atoms with Gasteiger partial charge in [0.1, 0.15) is 5.75 Å². The number of benzene rings is 2. The Kier molecular flexibility index (Phi) is 7.04. The lowest BCUT2D eigenvalue weighted by atomic mass is 10.2. The number of ether oxygens (including phenoxy) is 1. The average Bonchev–Trinajstić information content (AvgIpc) is 2.59. The molecule has 2 rings (SSSR count). The summed E-state index contributed by atoms with van der Waals surface area (Å²) in [5.41, 5.74) is 7.45. The number of hydrogen-bond donors (Lipinski definition) is 3. The minimum atomic E-state index is -0.188. The van der Waals surface area contributed by atoms with Gasteiger partial charge < -0.3 is 10.1 Å². The van der Waals surface area contributed by atoms with E-state index in [1.165, 1.54) is 0 Å². The van der Waals surface area contributed by atoms with Crippen molar-refractivity contribution < 1.29 is 9.53 Å². The molecule has 0 unspecified atom stereocenters. The fourth-order valence-corrected chi connectivity index (χ4v) is 2.10. The molecule has 6 heteroatoms. The van der Waals surface area contributed by atoms with Gasteiger partial charge in [-0.3, -0.25) is 15.6 Å². The van der Waals surface area contributed by atoms with E-state index < -0.39 is 0 Å². The molecule has 0 spiro atoms. The molecular formula is C18H21N3O2S. The molecule has 5 nitrogen and oxygen atoms in total. The highest BCUT2D eigenvalue weighted by Crippen LogP contribution is 2.12. The molecule has 0 bridgehead atoms. The fourth-order valence-electron chi connectivity index (χ4n) is 1.98. The van der Waals surface area contributed by atoms with E-state index in [-0.39, 0.29) is 12.3 Å². The molecule has 0 aliphatic heterocycles. The van der Waals surface area contributed by atoms with E-state index in [4.69, 9.17) is 17.0 Å². The van der Waals surface area contributed by atoms with Crippen molar-refractivity contribution in [1.82, 2.24) is 16.2 Å². The molecule has 0 saturated carbocycles. The van der Waals surface area contributed by atoms with Crippen LogP contribution in [0.15, 0.2) is 54.6 Å². The van der Waals surface area contributed by atoms with Gasteiger partial charge in [0.15, 0.2) is 5.11 Å². The minimum Gasteiger partial charge on any atom is -0.493 e. The lowest BCUT2D eigenvalue weighted by Gasteiger charge is -2.12. The third-order valence-corrected chi connectivity index (χ3v) is 3.45. The SMILES string of the molecule is Cc1cccc(OCCC(=O)NNC(=S)NCc2ccccc2)c1. The molecular weight excluding hydrogens is 322 g/mol. The second-order valence-electron chi connectivity index (χ2n) is 5.26. The third kappa shape index (κ3) is 6.66. The summed E-state index contributed by atoms with van der Waals surface area (Å²) in [7, 11) is 0. The summed E-state index contributed by atoms with van der Waals surface area (Å²) in [5.74, 6) is 0.572. The van der Waals surface area contributed by atoms with Crippen LogP contribution in [0.3, 0.4) is 0 Å². The lowest BCUT2D eigenvalue weighted by Crippen LogP contribution is -2.46. The number of rotatable bonds is 6. The van der Waals surface area contributed by atoms with E-state index in [1.54, 1.807) is 0 Å². The summed E-state index contributed by atoms with van der Waals surface area (Å²) in [6.45, 7) is 2.90. The molecule has 3 N–H and O–H groups in total. The fraction of sp³-hybridized carbons (Fsp3) is 0.222. The van der Waals surface area contributed by atoms with Gasteiger partial charge in [-0.15, -0.1) is 0 Å². The first-order valence-corrected chi connectivity index (χ1v) is 8.10. The van der Waals surface area contributed by atoms with Crippen LogP contribution in [0, 0.1) is 6.92 Å². The molecule has 1 amide bonds. The Bertz CT molecular complexity index is 677. The van der Waals surface area contributed by atoms with E-state index in [1.807, 2.05) is 61.5 Å². The third-order valence-electron chi connectivity index (χ3n) is 3.20. The van der Waals surface area contributed by atoms with Crippen molar-refractivity contribution in [1.29, 1.82) is 0 Å². The van der Waals surface area contributed by atoms with E-state index in [0.29, 0.717) is 18.3 Å². The Hall–Kier alpha value is -2.60. The summed E-state index contributed by atoms with van der Waals surface area (Å²) in [4.78, 5) is 11.7. The van der Waals surface area contributed by atoms with Crippen LogP contribution in [0.4, 0.5) is 0 Å². The highest BCUT2D eigenvalue weighted by atomic mass is 32.1. The van der Waals surface area contributed by atoms with E-state index >= 15 is 0 Å². The van der Waals surface area contributed by atoms with Crippen LogP contribution < -0.4 is 20.9 Å². The maximum atomic E-state index is 11.7. The summed E-state index contributed by atoms with van der Waals surface area (Å²) in [6, 6.07) is 17.6. The van der Waals surface area contributed by atoms with Crippen LogP contribution in [0.1, 0.15) is 17.5 Å². The molecule has 0 aromatic heterocycles. The Labute approximate surface area is 147 Å². The smallest absolute Gasteiger partial charge is 0.241 e. The second-order valence-corrected chi connectivity index (χ2v) is 5.66. The van der Waals surface area contributed by atoms with Crippen LogP contribution in [-0.2, 0) is 11.3 Å². The van der Waals surface area contributed by atoms with Gasteiger partial charge in [-0.1, -0.05) is 42.5 Å². The van der Waals surface area contributed by atoms with E-state index in [2.05, 4.69) is 16.2 Å². The van der Waals surface area contributed by atoms with Crippen LogP contribution in [0.5, 0.6) is 5.75 Å². The summed E-state index contributed by atoms with van der Waals surface area (Å²) < 4.78 is 5.53. The largest absolute Gasteiger partial charge is 0.493 e. The zero-order chi connectivity index (χ0) is 17.2. The van der Waals surface area contributed by atoms with Crippen LogP contribution in [-0.4, -0.2) is 17.6 Å². The van der Waals surface area contributed by atoms with E-state index in [0.717, 1.165) is 16.9 Å². The molecule has 0 atom stereocenters. The Balaban J connectivity index is 1.59. The summed E-state index contributed by atoms with van der Waals surface area (Å²) in [6.07, 6.45) is 0.238. The highest BCUT2D eigenvalue weighted by Gasteiger charge is 2.03. The molecule has 24 heavy (non-hydrogen) atoms. The maximum absolute atomic E-state index is 11.7. The first-order valence-electron chi connectivity index (χ1n) is 7.69. The quantitative estimate of drug-likeness (QED) is 0.556. The van der Waals surface area contributed by atoms with Gasteiger partial charge in [-0.05, 0) is 42.4 Å². The van der Waals surface area contributed by atoms with Gasteiger partial charge in [0.05, 0.1) is 13.0 Å². The van der Waals surface area contributed by atoms with Gasteiger partial charge in [-0.2, -0.15) is 0 Å². The van der Waals surface area contributed by atoms with Crippen LogP contribution in [0.25, 0.3) is 0 Å². The molecule has 2 aromatic rings. The Morgan fingerprint density at radius 3 is 2.62 bits per heavy atom. The van der Waals surface area contributed by atoms with Crippen molar-refractivity contribution in [2.75, 3.05) is 6.61 Å². The number of amides is 1. The van der Waals surface area contributed by atoms with Crippen molar-refractivity contribution in [3.05, 3.63) is 65.7 Å². The van der Waals surface area contributed by atoms with Crippen molar-refractivity contribution in [2.24, 2.45) is 0 Å². The van der Waals surface area contributed by atoms with Gasteiger partial charge in [0.2, 0.25) is 5.91 Å². The standard InChI is InChI=1S/C18H21N3O2S/c1-14-6-5-9-16(12-14)23-11-10-17(22)20-21-18(24)19-13-15-7-3-2-4-8-15/h2-9,12H,10-11,13H2,1H3,(H,20,22)(H2,19,21,24). The van der Waals surface area contributed by atoms with Gasteiger partial charge >= 0.3 is 0 Å². The first kappa shape index (κ1) is 17.7. The zero-order valence-electron chi connectivity index (χ0n) is 13.5. The molecule has 0 aliphatic rings. The first-order chi connectivity index (χ1) is 11.6. The van der Waals surface area contributed by atoms with Crippen molar-refractivity contribution in [3.63, 3.8) is 0 Å². The topological polar surface area (TPSA) is 62.4 Å². The highest BCUT2D eigenvalue weighted by molar-refractivity contribution is 7.80. The minimum absolute atomic E-state index is 0.188. The maximum Gasteiger partial charge on any atom is 0.241 e. The van der Waals surface area contributed by atoms with Crippen LogP contribution in [0.2, 0.25) is 0 Å². The Morgan fingerprint density at radius 2 is 1.88 bits per heavy atom. The summed E-state index contributed by atoms with van der Waals surface area (Å²) in [5, 5.41) is 3.38. The molecule has 0 heterocycles. The second kappa shape index (κ2) is 9.52. The lowest BCUT2D eigenvalue weighted by molar-refractivity contribution is -0.122. The van der Waals surface area contributed by atoms with Crippen LogP contribution >= 0.6 is 12.2 Å². The molecule has 126 valence electrons. The number of hydrazine groups is 1. The molecule has 0 saturated heterocycles.